The Kier molecular flexibility index (Phi) is 3.69. The van der Waals surface area contributed by atoms with Gasteiger partial charge in [0.05, 0.1) is 5.02 Å². The van der Waals surface area contributed by atoms with Crippen LogP contribution >= 0.6 is 11.6 Å². The summed E-state index contributed by atoms with van der Waals surface area (Å²) in [5.41, 5.74) is 6.45. The molecule has 1 aromatic heterocycles. The standard InChI is InChI=1S/C13H12ClNO3/c1-17-7-9-3-5-12(18-9)13(16)10-4-2-8(15)6-11(10)14/h2-6H,7,15H2,1H3. The first kappa shape index (κ1) is 12.7. The third-order valence-corrected chi connectivity index (χ3v) is 2.72. The number of rotatable bonds is 4. The highest BCUT2D eigenvalue weighted by Crippen LogP contribution is 2.23. The molecule has 0 unspecified atom stereocenters. The van der Waals surface area contributed by atoms with Crippen LogP contribution in [-0.2, 0) is 11.3 Å². The van der Waals surface area contributed by atoms with Crippen molar-refractivity contribution in [2.75, 3.05) is 12.8 Å². The molecule has 18 heavy (non-hydrogen) atoms. The Labute approximate surface area is 109 Å². The smallest absolute Gasteiger partial charge is 0.229 e. The molecular weight excluding hydrogens is 254 g/mol. The van der Waals surface area contributed by atoms with Crippen LogP contribution in [0.4, 0.5) is 5.69 Å². The van der Waals surface area contributed by atoms with Gasteiger partial charge in [-0.25, -0.2) is 0 Å². The zero-order valence-electron chi connectivity index (χ0n) is 9.77. The second-order valence-electron chi connectivity index (χ2n) is 3.77. The second kappa shape index (κ2) is 5.25. The molecule has 0 aliphatic rings. The summed E-state index contributed by atoms with van der Waals surface area (Å²) in [4.78, 5) is 12.1. The molecule has 0 fully saturated rings. The number of carbonyl (C=O) groups excluding carboxylic acids is 1. The summed E-state index contributed by atoms with van der Waals surface area (Å²) in [5.74, 6) is 0.545. The van der Waals surface area contributed by atoms with Crippen LogP contribution in [0.5, 0.6) is 0 Å². The van der Waals surface area contributed by atoms with Crippen molar-refractivity contribution in [3.63, 3.8) is 0 Å². The SMILES string of the molecule is COCc1ccc(C(=O)c2ccc(N)cc2Cl)o1. The lowest BCUT2D eigenvalue weighted by Gasteiger charge is -2.02. The molecule has 0 spiro atoms. The fraction of sp³-hybridized carbons (Fsp3) is 0.154. The molecule has 94 valence electrons. The number of ketones is 1. The van der Waals surface area contributed by atoms with E-state index in [0.29, 0.717) is 28.6 Å². The Hall–Kier alpha value is -1.78. The molecule has 0 saturated heterocycles. The molecule has 0 bridgehead atoms. The molecule has 1 heterocycles. The summed E-state index contributed by atoms with van der Waals surface area (Å²) in [6, 6.07) is 8.04. The first-order valence-corrected chi connectivity index (χ1v) is 5.67. The lowest BCUT2D eigenvalue weighted by Crippen LogP contribution is -2.01. The van der Waals surface area contributed by atoms with Crippen LogP contribution in [-0.4, -0.2) is 12.9 Å². The van der Waals surface area contributed by atoms with Crippen LogP contribution in [0.25, 0.3) is 0 Å². The van der Waals surface area contributed by atoms with Crippen LogP contribution in [0.1, 0.15) is 21.9 Å². The highest BCUT2D eigenvalue weighted by atomic mass is 35.5. The number of anilines is 1. The maximum atomic E-state index is 12.1. The Bertz CT molecular complexity index is 577. The number of nitrogens with two attached hydrogens (primary N) is 1. The second-order valence-corrected chi connectivity index (χ2v) is 4.17. The molecular formula is C13H12ClNO3. The molecule has 5 heteroatoms. The Morgan fingerprint density at radius 2 is 2.17 bits per heavy atom. The molecule has 0 aliphatic carbocycles. The summed E-state index contributed by atoms with van der Waals surface area (Å²) in [6.07, 6.45) is 0. The van der Waals surface area contributed by atoms with Crippen molar-refractivity contribution >= 4 is 23.1 Å². The van der Waals surface area contributed by atoms with Gasteiger partial charge in [0.15, 0.2) is 5.76 Å². The monoisotopic (exact) mass is 265 g/mol. The number of nitrogen functional groups attached to an aromatic ring is 1. The highest BCUT2D eigenvalue weighted by molar-refractivity contribution is 6.35. The molecule has 0 aliphatic heterocycles. The molecule has 0 atom stereocenters. The first-order chi connectivity index (χ1) is 8.61. The minimum atomic E-state index is -0.276. The Morgan fingerprint density at radius 1 is 1.39 bits per heavy atom. The average Bonchev–Trinajstić information content (AvgIpc) is 2.77. The van der Waals surface area contributed by atoms with Crippen LogP contribution < -0.4 is 5.73 Å². The molecule has 4 nitrogen and oxygen atoms in total. The Morgan fingerprint density at radius 3 is 2.83 bits per heavy atom. The normalized spacial score (nSPS) is 10.6. The summed E-state index contributed by atoms with van der Waals surface area (Å²) >= 11 is 5.98. The van der Waals surface area contributed by atoms with Crippen LogP contribution in [0.3, 0.4) is 0 Å². The van der Waals surface area contributed by atoms with Crippen molar-refractivity contribution in [3.8, 4) is 0 Å². The number of hydrogen-bond acceptors (Lipinski definition) is 4. The van der Waals surface area contributed by atoms with Gasteiger partial charge in [0, 0.05) is 18.4 Å². The third-order valence-electron chi connectivity index (χ3n) is 2.41. The molecule has 2 rings (SSSR count). The van der Waals surface area contributed by atoms with Gasteiger partial charge in [-0.15, -0.1) is 0 Å². The van der Waals surface area contributed by atoms with E-state index in [1.165, 1.54) is 6.07 Å². The topological polar surface area (TPSA) is 65.5 Å². The minimum Gasteiger partial charge on any atom is -0.455 e. The van der Waals surface area contributed by atoms with Gasteiger partial charge in [-0.2, -0.15) is 0 Å². The number of methoxy groups -OCH3 is 1. The van der Waals surface area contributed by atoms with Gasteiger partial charge in [-0.1, -0.05) is 11.6 Å². The minimum absolute atomic E-state index is 0.230. The number of furan rings is 1. The summed E-state index contributed by atoms with van der Waals surface area (Å²) in [7, 11) is 1.56. The fourth-order valence-corrected chi connectivity index (χ4v) is 1.84. The zero-order valence-corrected chi connectivity index (χ0v) is 10.5. The van der Waals surface area contributed by atoms with Crippen molar-refractivity contribution < 1.29 is 13.9 Å². The summed E-state index contributed by atoms with van der Waals surface area (Å²) < 4.78 is 10.3. The molecule has 2 N–H and O–H groups in total. The van der Waals surface area contributed by atoms with Crippen LogP contribution in [0, 0.1) is 0 Å². The van der Waals surface area contributed by atoms with Crippen molar-refractivity contribution in [1.29, 1.82) is 0 Å². The van der Waals surface area contributed by atoms with E-state index in [4.69, 9.17) is 26.5 Å². The predicted molar refractivity (Wildman–Crippen MR) is 68.7 cm³/mol. The van der Waals surface area contributed by atoms with Gasteiger partial charge in [0.2, 0.25) is 5.78 Å². The van der Waals surface area contributed by atoms with Crippen molar-refractivity contribution in [3.05, 3.63) is 52.4 Å². The van der Waals surface area contributed by atoms with Crippen LogP contribution in [0.15, 0.2) is 34.7 Å². The van der Waals surface area contributed by atoms with E-state index in [2.05, 4.69) is 0 Å². The fourth-order valence-electron chi connectivity index (χ4n) is 1.57. The van der Waals surface area contributed by atoms with Gasteiger partial charge < -0.3 is 14.9 Å². The number of hydrogen-bond donors (Lipinski definition) is 1. The molecule has 0 radical (unpaired) electrons. The van der Waals surface area contributed by atoms with E-state index < -0.39 is 0 Å². The van der Waals surface area contributed by atoms with Gasteiger partial charge in [0.25, 0.3) is 0 Å². The van der Waals surface area contributed by atoms with E-state index in [1.54, 1.807) is 31.4 Å². The van der Waals surface area contributed by atoms with E-state index in [9.17, 15) is 4.79 Å². The van der Waals surface area contributed by atoms with E-state index in [-0.39, 0.29) is 11.5 Å². The highest BCUT2D eigenvalue weighted by Gasteiger charge is 2.16. The van der Waals surface area contributed by atoms with Crippen molar-refractivity contribution in [2.45, 2.75) is 6.61 Å². The lowest BCUT2D eigenvalue weighted by atomic mass is 10.1. The van der Waals surface area contributed by atoms with Gasteiger partial charge in [-0.3, -0.25) is 4.79 Å². The Balaban J connectivity index is 2.29. The number of ether oxygens (including phenoxy) is 1. The van der Waals surface area contributed by atoms with Crippen molar-refractivity contribution in [1.82, 2.24) is 0 Å². The zero-order chi connectivity index (χ0) is 13.1. The quantitative estimate of drug-likeness (QED) is 0.682. The average molecular weight is 266 g/mol. The molecule has 2 aromatic rings. The maximum Gasteiger partial charge on any atom is 0.229 e. The van der Waals surface area contributed by atoms with Gasteiger partial charge in [-0.05, 0) is 30.3 Å². The number of benzene rings is 1. The molecule has 0 amide bonds. The van der Waals surface area contributed by atoms with E-state index >= 15 is 0 Å². The number of halogens is 1. The largest absolute Gasteiger partial charge is 0.455 e. The summed E-state index contributed by atoms with van der Waals surface area (Å²) in [5, 5.41) is 0.310. The lowest BCUT2D eigenvalue weighted by molar-refractivity contribution is 0.1000. The summed E-state index contributed by atoms with van der Waals surface area (Å²) in [6.45, 7) is 0.322. The molecule has 1 aromatic carbocycles. The van der Waals surface area contributed by atoms with Gasteiger partial charge in [0.1, 0.15) is 12.4 Å². The van der Waals surface area contributed by atoms with E-state index in [0.717, 1.165) is 0 Å². The van der Waals surface area contributed by atoms with Crippen LogP contribution in [0.2, 0.25) is 5.02 Å². The number of carbonyl (C=O) groups is 1. The molecule has 0 saturated carbocycles. The van der Waals surface area contributed by atoms with Gasteiger partial charge >= 0.3 is 0 Å². The maximum absolute atomic E-state index is 12.1. The first-order valence-electron chi connectivity index (χ1n) is 5.29. The van der Waals surface area contributed by atoms with Crippen molar-refractivity contribution in [2.24, 2.45) is 0 Å². The van der Waals surface area contributed by atoms with E-state index in [1.807, 2.05) is 0 Å². The third kappa shape index (κ3) is 2.55. The predicted octanol–water partition coefficient (Wildman–Crippen LogP) is 2.89.